The van der Waals surface area contributed by atoms with Crippen molar-refractivity contribution in [1.29, 1.82) is 0 Å². The molecule has 5 heteroatoms. The SMILES string of the molecule is c1ccc(-c2nc(CSCC3CNC3)no2)cc1. The molecule has 4 nitrogen and oxygen atoms in total. The van der Waals surface area contributed by atoms with Crippen LogP contribution in [0.5, 0.6) is 0 Å². The van der Waals surface area contributed by atoms with E-state index in [-0.39, 0.29) is 0 Å². The Hall–Kier alpha value is -1.33. The lowest BCUT2D eigenvalue weighted by molar-refractivity contribution is 0.385. The highest BCUT2D eigenvalue weighted by Crippen LogP contribution is 2.20. The molecule has 0 amide bonds. The Morgan fingerprint density at radius 2 is 2.11 bits per heavy atom. The van der Waals surface area contributed by atoms with Gasteiger partial charge in [0.05, 0.1) is 5.75 Å². The number of nitrogens with one attached hydrogen (secondary N) is 1. The van der Waals surface area contributed by atoms with Crippen molar-refractivity contribution in [1.82, 2.24) is 15.5 Å². The van der Waals surface area contributed by atoms with Crippen LogP contribution in [-0.4, -0.2) is 29.0 Å². The van der Waals surface area contributed by atoms with Gasteiger partial charge < -0.3 is 9.84 Å². The predicted octanol–water partition coefficient (Wildman–Crippen LogP) is 2.19. The van der Waals surface area contributed by atoms with Crippen molar-refractivity contribution in [3.63, 3.8) is 0 Å². The molecule has 1 fully saturated rings. The Morgan fingerprint density at radius 3 is 2.83 bits per heavy atom. The van der Waals surface area contributed by atoms with Gasteiger partial charge in [0.2, 0.25) is 0 Å². The summed E-state index contributed by atoms with van der Waals surface area (Å²) in [5.41, 5.74) is 0.976. The van der Waals surface area contributed by atoms with Crippen LogP contribution in [0.3, 0.4) is 0 Å². The summed E-state index contributed by atoms with van der Waals surface area (Å²) < 4.78 is 5.26. The van der Waals surface area contributed by atoms with Gasteiger partial charge in [-0.3, -0.25) is 0 Å². The standard InChI is InChI=1S/C13H15N3OS/c1-2-4-11(5-3-1)13-15-12(16-17-13)9-18-8-10-6-14-7-10/h1-5,10,14H,6-9H2. The van der Waals surface area contributed by atoms with Gasteiger partial charge in [0.15, 0.2) is 5.82 Å². The van der Waals surface area contributed by atoms with Crippen LogP contribution in [0.2, 0.25) is 0 Å². The zero-order valence-corrected chi connectivity index (χ0v) is 10.8. The molecule has 2 heterocycles. The first-order valence-corrected chi connectivity index (χ1v) is 7.24. The fourth-order valence-electron chi connectivity index (χ4n) is 1.79. The Morgan fingerprint density at radius 1 is 1.28 bits per heavy atom. The predicted molar refractivity (Wildman–Crippen MR) is 72.3 cm³/mol. The van der Waals surface area contributed by atoms with Crippen molar-refractivity contribution in [2.24, 2.45) is 5.92 Å². The molecule has 0 bridgehead atoms. The molecule has 2 aromatic rings. The van der Waals surface area contributed by atoms with E-state index < -0.39 is 0 Å². The minimum atomic E-state index is 0.608. The van der Waals surface area contributed by atoms with E-state index in [2.05, 4.69) is 15.5 Å². The highest BCUT2D eigenvalue weighted by molar-refractivity contribution is 7.98. The molecule has 0 aliphatic carbocycles. The average Bonchev–Trinajstić information content (AvgIpc) is 2.82. The van der Waals surface area contributed by atoms with E-state index >= 15 is 0 Å². The van der Waals surface area contributed by atoms with Gasteiger partial charge in [0.25, 0.3) is 5.89 Å². The third-order valence-electron chi connectivity index (χ3n) is 2.94. The maximum Gasteiger partial charge on any atom is 0.257 e. The van der Waals surface area contributed by atoms with Crippen LogP contribution in [-0.2, 0) is 5.75 Å². The lowest BCUT2D eigenvalue weighted by Crippen LogP contribution is -2.43. The first-order chi connectivity index (χ1) is 8.92. The van der Waals surface area contributed by atoms with Gasteiger partial charge in [-0.2, -0.15) is 16.7 Å². The highest BCUT2D eigenvalue weighted by Gasteiger charge is 2.16. The van der Waals surface area contributed by atoms with Crippen molar-refractivity contribution < 1.29 is 4.52 Å². The Kier molecular flexibility index (Phi) is 3.61. The normalized spacial score (nSPS) is 15.6. The molecule has 1 aromatic heterocycles. The second-order valence-electron chi connectivity index (χ2n) is 4.42. The van der Waals surface area contributed by atoms with E-state index in [9.17, 15) is 0 Å². The average molecular weight is 261 g/mol. The van der Waals surface area contributed by atoms with Gasteiger partial charge >= 0.3 is 0 Å². The van der Waals surface area contributed by atoms with Crippen molar-refractivity contribution in [2.45, 2.75) is 5.75 Å². The van der Waals surface area contributed by atoms with E-state index in [4.69, 9.17) is 4.52 Å². The Labute approximate surface area is 110 Å². The molecule has 1 aliphatic rings. The van der Waals surface area contributed by atoms with Gasteiger partial charge in [0, 0.05) is 5.56 Å². The quantitative estimate of drug-likeness (QED) is 0.894. The largest absolute Gasteiger partial charge is 0.334 e. The minimum absolute atomic E-state index is 0.608. The molecule has 3 rings (SSSR count). The van der Waals surface area contributed by atoms with E-state index in [0.29, 0.717) is 5.89 Å². The lowest BCUT2D eigenvalue weighted by Gasteiger charge is -2.26. The summed E-state index contributed by atoms with van der Waals surface area (Å²) in [6.07, 6.45) is 0. The van der Waals surface area contributed by atoms with Crippen molar-refractivity contribution in [3.8, 4) is 11.5 Å². The summed E-state index contributed by atoms with van der Waals surface area (Å²) in [5.74, 6) is 4.20. The molecule has 94 valence electrons. The molecule has 0 spiro atoms. The van der Waals surface area contributed by atoms with Gasteiger partial charge in [-0.1, -0.05) is 23.4 Å². The topological polar surface area (TPSA) is 51.0 Å². The molecule has 1 saturated heterocycles. The van der Waals surface area contributed by atoms with Gasteiger partial charge in [0.1, 0.15) is 0 Å². The summed E-state index contributed by atoms with van der Waals surface area (Å²) in [5, 5.41) is 7.28. The molecule has 1 N–H and O–H groups in total. The van der Waals surface area contributed by atoms with Crippen LogP contribution >= 0.6 is 11.8 Å². The van der Waals surface area contributed by atoms with Crippen molar-refractivity contribution in [3.05, 3.63) is 36.2 Å². The molecule has 0 radical (unpaired) electrons. The fraction of sp³-hybridized carbons (Fsp3) is 0.385. The van der Waals surface area contributed by atoms with Crippen molar-refractivity contribution >= 4 is 11.8 Å². The van der Waals surface area contributed by atoms with E-state index in [1.165, 1.54) is 5.75 Å². The van der Waals surface area contributed by atoms with E-state index in [1.54, 1.807) is 0 Å². The van der Waals surface area contributed by atoms with Crippen LogP contribution in [0.4, 0.5) is 0 Å². The maximum atomic E-state index is 5.26. The van der Waals surface area contributed by atoms with Crippen molar-refractivity contribution in [2.75, 3.05) is 18.8 Å². The fourth-order valence-corrected chi connectivity index (χ4v) is 2.78. The number of hydrogen-bond acceptors (Lipinski definition) is 5. The number of benzene rings is 1. The zero-order chi connectivity index (χ0) is 12.2. The van der Waals surface area contributed by atoms with E-state index in [1.807, 2.05) is 42.1 Å². The van der Waals surface area contributed by atoms with Crippen LogP contribution in [0.25, 0.3) is 11.5 Å². The molecular weight excluding hydrogens is 246 g/mol. The zero-order valence-electron chi connectivity index (χ0n) is 10.0. The molecule has 0 unspecified atom stereocenters. The highest BCUT2D eigenvalue weighted by atomic mass is 32.2. The number of rotatable bonds is 5. The van der Waals surface area contributed by atoms with Gasteiger partial charge in [-0.15, -0.1) is 0 Å². The molecule has 0 atom stereocenters. The molecule has 18 heavy (non-hydrogen) atoms. The first-order valence-electron chi connectivity index (χ1n) is 6.08. The van der Waals surface area contributed by atoms with Gasteiger partial charge in [-0.05, 0) is 36.9 Å². The summed E-state index contributed by atoms with van der Waals surface area (Å²) >= 11 is 1.87. The van der Waals surface area contributed by atoms with Crippen LogP contribution in [0, 0.1) is 5.92 Å². The third kappa shape index (κ3) is 2.73. The minimum Gasteiger partial charge on any atom is -0.334 e. The second-order valence-corrected chi connectivity index (χ2v) is 5.45. The molecule has 0 saturated carbocycles. The summed E-state index contributed by atoms with van der Waals surface area (Å²) in [6, 6.07) is 9.87. The van der Waals surface area contributed by atoms with Crippen LogP contribution in [0.1, 0.15) is 5.82 Å². The summed E-state index contributed by atoms with van der Waals surface area (Å²) in [7, 11) is 0. The summed E-state index contributed by atoms with van der Waals surface area (Å²) in [4.78, 5) is 4.41. The summed E-state index contributed by atoms with van der Waals surface area (Å²) in [6.45, 7) is 2.29. The smallest absolute Gasteiger partial charge is 0.257 e. The lowest BCUT2D eigenvalue weighted by atomic mass is 10.1. The molecule has 1 aliphatic heterocycles. The van der Waals surface area contributed by atoms with Crippen LogP contribution < -0.4 is 5.32 Å². The number of thioether (sulfide) groups is 1. The molecule has 1 aromatic carbocycles. The Bertz CT molecular complexity index is 496. The first kappa shape index (κ1) is 11.7. The third-order valence-corrected chi connectivity index (χ3v) is 4.11. The number of nitrogens with zero attached hydrogens (tertiary/aromatic N) is 2. The van der Waals surface area contributed by atoms with Crippen LogP contribution in [0.15, 0.2) is 34.9 Å². The maximum absolute atomic E-state index is 5.26. The van der Waals surface area contributed by atoms with E-state index in [0.717, 1.165) is 36.1 Å². The Balaban J connectivity index is 1.56. The molecular formula is C13H15N3OS. The second kappa shape index (κ2) is 5.54. The monoisotopic (exact) mass is 261 g/mol. The number of hydrogen-bond donors (Lipinski definition) is 1. The van der Waals surface area contributed by atoms with Gasteiger partial charge in [-0.25, -0.2) is 0 Å². The number of aromatic nitrogens is 2.